The van der Waals surface area contributed by atoms with E-state index in [1.807, 2.05) is 57.2 Å². The van der Waals surface area contributed by atoms with E-state index in [1.54, 1.807) is 19.2 Å². The number of aromatic nitrogens is 1. The molecular weight excluding hydrogens is 546 g/mol. The Morgan fingerprint density at radius 1 is 0.977 bits per heavy atom. The van der Waals surface area contributed by atoms with Gasteiger partial charge >= 0.3 is 5.97 Å². The van der Waals surface area contributed by atoms with Crippen LogP contribution in [0.2, 0.25) is 0 Å². The van der Waals surface area contributed by atoms with Gasteiger partial charge in [-0.1, -0.05) is 43.8 Å². The first-order chi connectivity index (χ1) is 20.8. The van der Waals surface area contributed by atoms with E-state index in [0.29, 0.717) is 31.0 Å². The fourth-order valence-electron chi connectivity index (χ4n) is 5.44. The Labute approximate surface area is 252 Å². The van der Waals surface area contributed by atoms with Crippen molar-refractivity contribution in [2.75, 3.05) is 13.7 Å². The number of benzene rings is 3. The van der Waals surface area contributed by atoms with Gasteiger partial charge in [0.2, 0.25) is 0 Å². The van der Waals surface area contributed by atoms with E-state index in [4.69, 9.17) is 14.3 Å². The molecule has 0 aliphatic carbocycles. The summed E-state index contributed by atoms with van der Waals surface area (Å²) >= 11 is 0. The Kier molecular flexibility index (Phi) is 10.9. The van der Waals surface area contributed by atoms with Gasteiger partial charge in [0.25, 0.3) is 5.69 Å². The standard InChI is InChI=1S/C34H41N3O6/c1-6-8-9-10-11-12-33(38)43-35-34(28-16-15-27(19-23(28)3)42-24(4)22-41-5)25-13-17-31-29(20-25)30-21-26(37(39)40)14-18-32(30)36(31)7-2/h13-21,24H,6-12,22H2,1-5H3/b35-34-. The van der Waals surface area contributed by atoms with Crippen molar-refractivity contribution < 1.29 is 24.0 Å². The fraction of sp³-hybridized carbons (Fsp3) is 0.412. The zero-order valence-electron chi connectivity index (χ0n) is 25.7. The molecule has 0 aliphatic rings. The second-order valence-electron chi connectivity index (χ2n) is 10.9. The van der Waals surface area contributed by atoms with Crippen LogP contribution in [0, 0.1) is 17.0 Å². The van der Waals surface area contributed by atoms with Crippen molar-refractivity contribution in [3.05, 3.63) is 81.4 Å². The van der Waals surface area contributed by atoms with Crippen LogP contribution in [-0.4, -0.2) is 41.0 Å². The molecule has 0 fully saturated rings. The zero-order chi connectivity index (χ0) is 30.9. The molecule has 0 saturated heterocycles. The third-order valence-electron chi connectivity index (χ3n) is 7.56. The number of carbonyl (C=O) groups is 1. The van der Waals surface area contributed by atoms with Crippen LogP contribution < -0.4 is 4.74 Å². The second-order valence-corrected chi connectivity index (χ2v) is 10.9. The van der Waals surface area contributed by atoms with Crippen LogP contribution in [0.15, 0.2) is 59.8 Å². The number of rotatable bonds is 15. The molecule has 0 N–H and O–H groups in total. The Morgan fingerprint density at radius 2 is 1.70 bits per heavy atom. The summed E-state index contributed by atoms with van der Waals surface area (Å²) < 4.78 is 13.3. The van der Waals surface area contributed by atoms with Gasteiger partial charge in [0, 0.05) is 65.1 Å². The minimum Gasteiger partial charge on any atom is -0.488 e. The van der Waals surface area contributed by atoms with Gasteiger partial charge in [0.1, 0.15) is 17.6 Å². The number of methoxy groups -OCH3 is 1. The van der Waals surface area contributed by atoms with Crippen LogP contribution in [0.4, 0.5) is 5.69 Å². The summed E-state index contributed by atoms with van der Waals surface area (Å²) in [5.74, 6) is 0.322. The van der Waals surface area contributed by atoms with Gasteiger partial charge < -0.3 is 18.9 Å². The largest absolute Gasteiger partial charge is 0.488 e. The molecule has 4 aromatic rings. The average molecular weight is 588 g/mol. The quantitative estimate of drug-likeness (QED) is 0.0457. The normalized spacial score (nSPS) is 12.5. The monoisotopic (exact) mass is 587 g/mol. The number of unbranched alkanes of at least 4 members (excludes halogenated alkanes) is 4. The van der Waals surface area contributed by atoms with Gasteiger partial charge in [0.05, 0.1) is 11.5 Å². The van der Waals surface area contributed by atoms with Crippen LogP contribution in [-0.2, 0) is 20.9 Å². The highest BCUT2D eigenvalue weighted by Crippen LogP contribution is 2.33. The lowest BCUT2D eigenvalue weighted by molar-refractivity contribution is -0.384. The number of carbonyl (C=O) groups excluding carboxylic acids is 1. The molecule has 1 unspecified atom stereocenters. The number of nitro benzene ring substituents is 1. The van der Waals surface area contributed by atoms with Crippen LogP contribution in [0.25, 0.3) is 21.8 Å². The summed E-state index contributed by atoms with van der Waals surface area (Å²) in [5.41, 5.74) is 4.81. The first-order valence-electron chi connectivity index (χ1n) is 15.0. The highest BCUT2D eigenvalue weighted by atomic mass is 16.7. The van der Waals surface area contributed by atoms with Crippen molar-refractivity contribution in [2.45, 2.75) is 78.9 Å². The predicted molar refractivity (Wildman–Crippen MR) is 170 cm³/mol. The Bertz CT molecular complexity index is 1620. The van der Waals surface area contributed by atoms with Gasteiger partial charge in [-0.2, -0.15) is 0 Å². The molecule has 3 aromatic carbocycles. The van der Waals surface area contributed by atoms with Crippen molar-refractivity contribution in [3.8, 4) is 5.75 Å². The minimum atomic E-state index is -0.381. The first kappa shape index (κ1) is 31.7. The summed E-state index contributed by atoms with van der Waals surface area (Å²) in [6.45, 7) is 9.27. The number of nitro groups is 1. The number of aryl methyl sites for hydroxylation is 2. The van der Waals surface area contributed by atoms with E-state index in [1.165, 1.54) is 6.07 Å². The maximum Gasteiger partial charge on any atom is 0.335 e. The molecule has 0 amide bonds. The van der Waals surface area contributed by atoms with Crippen LogP contribution in [0.3, 0.4) is 0 Å². The number of fused-ring (bicyclic) bond motifs is 3. The molecule has 9 heteroatoms. The van der Waals surface area contributed by atoms with Gasteiger partial charge in [-0.3, -0.25) is 10.1 Å². The maximum absolute atomic E-state index is 12.7. The molecule has 9 nitrogen and oxygen atoms in total. The van der Waals surface area contributed by atoms with E-state index in [2.05, 4.69) is 16.6 Å². The molecule has 228 valence electrons. The molecule has 0 bridgehead atoms. The number of nitrogens with zero attached hydrogens (tertiary/aromatic N) is 3. The topological polar surface area (TPSA) is 105 Å². The molecule has 43 heavy (non-hydrogen) atoms. The SMILES string of the molecule is CCCCCCCC(=O)O/N=C(/c1ccc2c(c1)c1cc([N+](=O)[O-])ccc1n2CC)c1ccc(OC(C)COC)cc1C. The molecule has 4 rings (SSSR count). The number of non-ortho nitro benzene ring substituents is 1. The van der Waals surface area contributed by atoms with Crippen LogP contribution in [0.5, 0.6) is 5.75 Å². The summed E-state index contributed by atoms with van der Waals surface area (Å²) in [6, 6.07) is 16.5. The lowest BCUT2D eigenvalue weighted by Crippen LogP contribution is -2.18. The number of ether oxygens (including phenoxy) is 2. The molecule has 1 aromatic heterocycles. The summed E-state index contributed by atoms with van der Waals surface area (Å²) in [4.78, 5) is 29.3. The smallest absolute Gasteiger partial charge is 0.335 e. The van der Waals surface area contributed by atoms with Crippen molar-refractivity contribution >= 4 is 39.2 Å². The lowest BCUT2D eigenvalue weighted by Gasteiger charge is -2.16. The van der Waals surface area contributed by atoms with Crippen LogP contribution >= 0.6 is 0 Å². The Hall–Kier alpha value is -4.24. The molecular formula is C34H41N3O6. The summed E-state index contributed by atoms with van der Waals surface area (Å²) in [6.07, 6.45) is 5.31. The van der Waals surface area contributed by atoms with Crippen molar-refractivity contribution in [3.63, 3.8) is 0 Å². The van der Waals surface area contributed by atoms with Crippen LogP contribution in [0.1, 0.15) is 76.0 Å². The zero-order valence-corrected chi connectivity index (χ0v) is 25.7. The first-order valence-corrected chi connectivity index (χ1v) is 15.0. The van der Waals surface area contributed by atoms with Crippen molar-refractivity contribution in [1.29, 1.82) is 0 Å². The van der Waals surface area contributed by atoms with Crippen molar-refractivity contribution in [1.82, 2.24) is 4.57 Å². The predicted octanol–water partition coefficient (Wildman–Crippen LogP) is 8.10. The second kappa shape index (κ2) is 14.8. The van der Waals surface area contributed by atoms with Gasteiger partial charge in [-0.05, 0) is 69.2 Å². The molecule has 0 spiro atoms. The fourth-order valence-corrected chi connectivity index (χ4v) is 5.44. The Morgan fingerprint density at radius 3 is 2.37 bits per heavy atom. The van der Waals surface area contributed by atoms with E-state index >= 15 is 0 Å². The maximum atomic E-state index is 12.7. The van der Waals surface area contributed by atoms with Gasteiger partial charge in [-0.15, -0.1) is 0 Å². The van der Waals surface area contributed by atoms with Gasteiger partial charge in [0.15, 0.2) is 0 Å². The van der Waals surface area contributed by atoms with E-state index in [0.717, 1.165) is 70.6 Å². The minimum absolute atomic E-state index is 0.0314. The molecule has 1 atom stereocenters. The Balaban J connectivity index is 1.76. The lowest BCUT2D eigenvalue weighted by atomic mass is 9.96. The third-order valence-corrected chi connectivity index (χ3v) is 7.56. The molecule has 1 heterocycles. The number of hydrogen-bond acceptors (Lipinski definition) is 7. The van der Waals surface area contributed by atoms with Gasteiger partial charge in [-0.25, -0.2) is 4.79 Å². The highest BCUT2D eigenvalue weighted by molar-refractivity contribution is 6.17. The molecule has 0 radical (unpaired) electrons. The summed E-state index contributed by atoms with van der Waals surface area (Å²) in [7, 11) is 1.64. The van der Waals surface area contributed by atoms with E-state index < -0.39 is 0 Å². The number of oxime groups is 1. The average Bonchev–Trinajstić information content (AvgIpc) is 3.30. The van der Waals surface area contributed by atoms with E-state index in [9.17, 15) is 14.9 Å². The number of hydrogen-bond donors (Lipinski definition) is 0. The third kappa shape index (κ3) is 7.59. The van der Waals surface area contributed by atoms with E-state index in [-0.39, 0.29) is 22.7 Å². The molecule has 0 saturated carbocycles. The van der Waals surface area contributed by atoms with Crippen molar-refractivity contribution in [2.24, 2.45) is 5.16 Å². The molecule has 0 aliphatic heterocycles. The summed E-state index contributed by atoms with van der Waals surface area (Å²) in [5, 5.41) is 17.6. The highest BCUT2D eigenvalue weighted by Gasteiger charge is 2.19.